The van der Waals surface area contributed by atoms with Crippen molar-refractivity contribution in [2.24, 2.45) is 0 Å². The minimum atomic E-state index is -0.414. The maximum Gasteiger partial charge on any atom is 0.407 e. The molecule has 0 heterocycles. The summed E-state index contributed by atoms with van der Waals surface area (Å²) in [5, 5.41) is 17.5. The molecule has 0 saturated heterocycles. The SMILES string of the molecule is CCCCCCCCCCCCCCCCCCOC(=O)NCCCCCCNC(=O)N[C@H]1CCCC[C@@H]1NC(=O)NCCCCCCNC(=O)OC. The van der Waals surface area contributed by atoms with Gasteiger partial charge in [0.05, 0.1) is 25.8 Å². The van der Waals surface area contributed by atoms with Crippen molar-refractivity contribution in [1.82, 2.24) is 31.9 Å². The predicted molar refractivity (Wildman–Crippen MR) is 215 cm³/mol. The van der Waals surface area contributed by atoms with E-state index in [2.05, 4.69) is 43.6 Å². The van der Waals surface area contributed by atoms with E-state index in [0.717, 1.165) is 89.9 Å². The highest BCUT2D eigenvalue weighted by Crippen LogP contribution is 2.19. The van der Waals surface area contributed by atoms with Crippen molar-refractivity contribution in [2.75, 3.05) is 39.9 Å². The third-order valence-electron chi connectivity index (χ3n) is 10.1. The Balaban J connectivity index is 1.92. The van der Waals surface area contributed by atoms with E-state index in [4.69, 9.17) is 4.74 Å². The highest BCUT2D eigenvalue weighted by molar-refractivity contribution is 5.76. The molecule has 1 aliphatic rings. The summed E-state index contributed by atoms with van der Waals surface area (Å²) >= 11 is 0. The zero-order chi connectivity index (χ0) is 38.5. The lowest BCUT2D eigenvalue weighted by Crippen LogP contribution is -2.56. The average Bonchev–Trinajstić information content (AvgIpc) is 3.15. The fourth-order valence-corrected chi connectivity index (χ4v) is 6.85. The fraction of sp³-hybridized carbons (Fsp3) is 0.902. The summed E-state index contributed by atoms with van der Waals surface area (Å²) < 4.78 is 9.87. The van der Waals surface area contributed by atoms with Gasteiger partial charge in [-0.25, -0.2) is 19.2 Å². The number of rotatable bonds is 33. The van der Waals surface area contributed by atoms with Crippen LogP contribution in [0, 0.1) is 0 Å². The number of hydrogen-bond donors (Lipinski definition) is 6. The predicted octanol–water partition coefficient (Wildman–Crippen LogP) is 9.36. The largest absolute Gasteiger partial charge is 0.453 e. The molecular formula is C41H80N6O6. The Morgan fingerprint density at radius 3 is 1.19 bits per heavy atom. The standard InChI is InChI=1S/C41H80N6O6/c1-3-4-5-6-7-8-9-10-11-12-13-14-15-16-21-28-35-53-41(51)45-34-27-20-18-25-32-43-39(49)47-37-30-23-22-29-36(37)46-38(48)42-31-24-17-19-26-33-44-40(50)52-2/h36-37H,3-35H2,1-2H3,(H,44,50)(H,45,51)(H2,42,46,48)(H2,43,47,49)/t36-,37-/m0/s1. The molecule has 0 spiro atoms. The van der Waals surface area contributed by atoms with Crippen molar-refractivity contribution >= 4 is 24.2 Å². The normalized spacial score (nSPS) is 15.3. The summed E-state index contributed by atoms with van der Waals surface area (Å²) in [5.74, 6) is 0. The van der Waals surface area contributed by atoms with Crippen LogP contribution in [0.25, 0.3) is 0 Å². The summed E-state index contributed by atoms with van der Waals surface area (Å²) in [4.78, 5) is 48.0. The van der Waals surface area contributed by atoms with Crippen molar-refractivity contribution in [3.05, 3.63) is 0 Å². The molecule has 0 aliphatic heterocycles. The number of nitrogens with one attached hydrogen (secondary N) is 6. The highest BCUT2D eigenvalue weighted by Gasteiger charge is 2.27. The van der Waals surface area contributed by atoms with E-state index in [-0.39, 0.29) is 30.2 Å². The molecule has 1 fully saturated rings. The van der Waals surface area contributed by atoms with Gasteiger partial charge in [0, 0.05) is 26.2 Å². The minimum Gasteiger partial charge on any atom is -0.453 e. The van der Waals surface area contributed by atoms with Gasteiger partial charge in [-0.2, -0.15) is 0 Å². The molecule has 2 atom stereocenters. The van der Waals surface area contributed by atoms with E-state index in [0.29, 0.717) is 32.8 Å². The van der Waals surface area contributed by atoms with Crippen LogP contribution in [0.3, 0.4) is 0 Å². The van der Waals surface area contributed by atoms with E-state index in [9.17, 15) is 19.2 Å². The number of amides is 6. The van der Waals surface area contributed by atoms with Gasteiger partial charge in [0.2, 0.25) is 0 Å². The molecular weight excluding hydrogens is 672 g/mol. The molecule has 6 amide bonds. The molecule has 1 aliphatic carbocycles. The number of unbranched alkanes of at least 4 members (excludes halogenated alkanes) is 21. The monoisotopic (exact) mass is 753 g/mol. The second kappa shape index (κ2) is 36.1. The lowest BCUT2D eigenvalue weighted by molar-refractivity contribution is 0.143. The summed E-state index contributed by atoms with van der Waals surface area (Å²) in [6.45, 7) is 5.13. The number of ether oxygens (including phenoxy) is 2. The first-order valence-corrected chi connectivity index (χ1v) is 21.8. The average molecular weight is 753 g/mol. The lowest BCUT2D eigenvalue weighted by Gasteiger charge is -2.32. The van der Waals surface area contributed by atoms with Gasteiger partial charge in [0.15, 0.2) is 0 Å². The van der Waals surface area contributed by atoms with E-state index in [1.54, 1.807) is 0 Å². The van der Waals surface area contributed by atoms with Gasteiger partial charge in [-0.05, 0) is 44.9 Å². The van der Waals surface area contributed by atoms with Gasteiger partial charge >= 0.3 is 24.2 Å². The molecule has 1 rings (SSSR count). The zero-order valence-electron chi connectivity index (χ0n) is 33.9. The minimum absolute atomic E-state index is 0.0907. The maximum absolute atomic E-state index is 12.5. The van der Waals surface area contributed by atoms with Gasteiger partial charge in [0.25, 0.3) is 0 Å². The number of methoxy groups -OCH3 is 1. The van der Waals surface area contributed by atoms with Crippen LogP contribution in [-0.4, -0.2) is 76.2 Å². The van der Waals surface area contributed by atoms with Crippen LogP contribution in [0.4, 0.5) is 19.2 Å². The Kier molecular flexibility index (Phi) is 32.7. The lowest BCUT2D eigenvalue weighted by atomic mass is 9.90. The third kappa shape index (κ3) is 31.2. The summed E-state index contributed by atoms with van der Waals surface area (Å²) in [6, 6.07) is -0.576. The van der Waals surface area contributed by atoms with Gasteiger partial charge in [-0.15, -0.1) is 0 Å². The van der Waals surface area contributed by atoms with Crippen LogP contribution in [0.5, 0.6) is 0 Å². The first-order valence-electron chi connectivity index (χ1n) is 21.8. The Morgan fingerprint density at radius 2 is 0.792 bits per heavy atom. The second-order valence-electron chi connectivity index (χ2n) is 14.9. The Labute approximate surface area is 323 Å². The summed E-state index contributed by atoms with van der Waals surface area (Å²) in [6.07, 6.45) is 31.6. The molecule has 0 aromatic carbocycles. The molecule has 310 valence electrons. The smallest absolute Gasteiger partial charge is 0.407 e. The second-order valence-corrected chi connectivity index (χ2v) is 14.9. The molecule has 1 saturated carbocycles. The van der Waals surface area contributed by atoms with Crippen molar-refractivity contribution in [1.29, 1.82) is 0 Å². The van der Waals surface area contributed by atoms with Crippen molar-refractivity contribution in [3.63, 3.8) is 0 Å². The van der Waals surface area contributed by atoms with E-state index in [1.807, 2.05) is 0 Å². The van der Waals surface area contributed by atoms with Crippen molar-refractivity contribution in [2.45, 2.75) is 199 Å². The molecule has 0 aromatic rings. The van der Waals surface area contributed by atoms with Crippen LogP contribution in [0.1, 0.15) is 187 Å². The quantitative estimate of drug-likeness (QED) is 0.0367. The van der Waals surface area contributed by atoms with Crippen molar-refractivity contribution < 1.29 is 28.7 Å². The number of hydrogen-bond acceptors (Lipinski definition) is 6. The van der Waals surface area contributed by atoms with Crippen LogP contribution in [-0.2, 0) is 9.47 Å². The first-order chi connectivity index (χ1) is 26.0. The maximum atomic E-state index is 12.5. The van der Waals surface area contributed by atoms with E-state index >= 15 is 0 Å². The number of urea groups is 2. The fourth-order valence-electron chi connectivity index (χ4n) is 6.85. The van der Waals surface area contributed by atoms with E-state index in [1.165, 1.54) is 97.0 Å². The number of alkyl carbamates (subject to hydrolysis) is 2. The molecule has 53 heavy (non-hydrogen) atoms. The summed E-state index contributed by atoms with van der Waals surface area (Å²) in [7, 11) is 1.35. The van der Waals surface area contributed by atoms with Crippen LogP contribution in [0.15, 0.2) is 0 Å². The summed E-state index contributed by atoms with van der Waals surface area (Å²) in [5.41, 5.74) is 0. The Bertz CT molecular complexity index is 910. The Morgan fingerprint density at radius 1 is 0.453 bits per heavy atom. The van der Waals surface area contributed by atoms with Crippen LogP contribution < -0.4 is 31.9 Å². The number of carbonyl (C=O) groups is 4. The molecule has 0 aromatic heterocycles. The molecule has 0 bridgehead atoms. The molecule has 6 N–H and O–H groups in total. The first kappa shape index (κ1) is 48.1. The molecule has 0 radical (unpaired) electrons. The van der Waals surface area contributed by atoms with Gasteiger partial charge in [-0.3, -0.25) is 0 Å². The zero-order valence-corrected chi connectivity index (χ0v) is 33.9. The van der Waals surface area contributed by atoms with Gasteiger partial charge in [0.1, 0.15) is 0 Å². The molecule has 12 heteroatoms. The molecule has 12 nitrogen and oxygen atoms in total. The van der Waals surface area contributed by atoms with E-state index < -0.39 is 6.09 Å². The Hall–Kier alpha value is -2.92. The van der Waals surface area contributed by atoms with Crippen molar-refractivity contribution in [3.8, 4) is 0 Å². The van der Waals surface area contributed by atoms with Crippen LogP contribution >= 0.6 is 0 Å². The number of carbonyl (C=O) groups excluding carboxylic acids is 4. The molecule has 0 unspecified atom stereocenters. The topological polar surface area (TPSA) is 159 Å². The third-order valence-corrected chi connectivity index (χ3v) is 10.1. The van der Waals surface area contributed by atoms with Gasteiger partial charge < -0.3 is 41.4 Å². The highest BCUT2D eigenvalue weighted by atomic mass is 16.5. The van der Waals surface area contributed by atoms with Gasteiger partial charge in [-0.1, -0.05) is 142 Å². The van der Waals surface area contributed by atoms with Crippen LogP contribution in [0.2, 0.25) is 0 Å².